The summed E-state index contributed by atoms with van der Waals surface area (Å²) in [5, 5.41) is 8.93. The number of aromatic nitrogens is 1. The Morgan fingerprint density at radius 3 is 2.44 bits per heavy atom. The van der Waals surface area contributed by atoms with E-state index in [1.165, 1.54) is 0 Å². The maximum Gasteiger partial charge on any atom is 0.408 e. The fourth-order valence-electron chi connectivity index (χ4n) is 1.88. The van der Waals surface area contributed by atoms with Crippen LogP contribution >= 0.6 is 11.3 Å². The largest absolute Gasteiger partial charge is 0.444 e. The molecule has 0 aliphatic heterocycles. The number of rotatable bonds is 6. The number of hydrogen-bond donors (Lipinski definition) is 2. The van der Waals surface area contributed by atoms with Crippen LogP contribution in [0.4, 0.5) is 13.6 Å². The molecule has 3 N–H and O–H groups in total. The van der Waals surface area contributed by atoms with Gasteiger partial charge in [-0.05, 0) is 33.1 Å². The summed E-state index contributed by atoms with van der Waals surface area (Å²) in [6, 6.07) is -1.13. The van der Waals surface area contributed by atoms with Crippen LogP contribution < -0.4 is 10.5 Å². The van der Waals surface area contributed by atoms with Gasteiger partial charge in [-0.2, -0.15) is 0 Å². The van der Waals surface area contributed by atoms with E-state index in [1.807, 2.05) is 13.8 Å². The molecule has 27 heavy (non-hydrogen) atoms. The first kappa shape index (κ1) is 23.4. The van der Waals surface area contributed by atoms with Crippen LogP contribution in [0.5, 0.6) is 0 Å². The number of thiazole rings is 1. The molecule has 0 saturated heterocycles. The van der Waals surface area contributed by atoms with Crippen molar-refractivity contribution in [3.05, 3.63) is 11.1 Å². The van der Waals surface area contributed by atoms with Crippen molar-refractivity contribution < 1.29 is 27.3 Å². The fraction of sp³-hybridized carbons (Fsp3) is 0.667. The Morgan fingerprint density at radius 2 is 2.00 bits per heavy atom. The van der Waals surface area contributed by atoms with Crippen LogP contribution in [0.2, 0.25) is 0 Å². The third-order valence-electron chi connectivity index (χ3n) is 2.90. The van der Waals surface area contributed by atoms with Crippen LogP contribution in [0.15, 0.2) is 14.1 Å². The van der Waals surface area contributed by atoms with Gasteiger partial charge in [0.15, 0.2) is 9.92 Å². The Kier molecular flexibility index (Phi) is 7.81. The molecule has 8 nitrogen and oxygen atoms in total. The number of alkyl carbamates (subject to hydrolysis) is 1. The number of carbonyl (C=O) groups excluding carboxylic acids is 2. The summed E-state index contributed by atoms with van der Waals surface area (Å²) in [4.78, 5) is 27.9. The van der Waals surface area contributed by atoms with Gasteiger partial charge in [0.1, 0.15) is 17.3 Å². The van der Waals surface area contributed by atoms with Gasteiger partial charge in [-0.1, -0.05) is 13.8 Å². The van der Waals surface area contributed by atoms with E-state index in [1.54, 1.807) is 20.8 Å². The van der Waals surface area contributed by atoms with Gasteiger partial charge in [-0.15, -0.1) is 15.7 Å². The predicted octanol–water partition coefficient (Wildman–Crippen LogP) is 3.25. The molecule has 0 spiro atoms. The van der Waals surface area contributed by atoms with Crippen LogP contribution in [-0.4, -0.2) is 32.8 Å². The number of carbonyl (C=O) groups is 2. The van der Waals surface area contributed by atoms with Crippen LogP contribution in [-0.2, 0) is 19.4 Å². The zero-order valence-electron chi connectivity index (χ0n) is 15.7. The summed E-state index contributed by atoms with van der Waals surface area (Å²) in [7, 11) is -3.82. The molecule has 0 radical (unpaired) electrons. The second-order valence-corrected chi connectivity index (χ2v) is 9.99. The standard InChI is InChI=1S/C15H24F2N4O4S2/c1-8(2)6-9(19-13(23)25-15(3,4)5)12(22)21-27(18,24)14-20-10(7-26-14)11(16)17/h7-9,11H,6H2,1-5H3,(H,19,23)(H2,18,21,22,24)/t9-,27?/m0/s1. The number of nitrogens with two attached hydrogens (primary N) is 1. The Bertz CT molecular complexity index is 796. The zero-order valence-corrected chi connectivity index (χ0v) is 17.3. The lowest BCUT2D eigenvalue weighted by Crippen LogP contribution is -2.44. The van der Waals surface area contributed by atoms with Crippen molar-refractivity contribution in [1.82, 2.24) is 10.3 Å². The van der Waals surface area contributed by atoms with E-state index >= 15 is 0 Å². The Morgan fingerprint density at radius 1 is 1.41 bits per heavy atom. The molecule has 0 aliphatic rings. The summed E-state index contributed by atoms with van der Waals surface area (Å²) in [5.74, 6) is -0.959. The average Bonchev–Trinajstić information content (AvgIpc) is 2.94. The molecule has 0 aromatic carbocycles. The van der Waals surface area contributed by atoms with Crippen LogP contribution in [0.3, 0.4) is 0 Å². The van der Waals surface area contributed by atoms with Gasteiger partial charge in [0.05, 0.1) is 0 Å². The van der Waals surface area contributed by atoms with Crippen molar-refractivity contribution in [2.75, 3.05) is 0 Å². The Balaban J connectivity index is 3.07. The van der Waals surface area contributed by atoms with Gasteiger partial charge in [-0.25, -0.2) is 27.9 Å². The van der Waals surface area contributed by atoms with E-state index in [9.17, 15) is 22.6 Å². The van der Waals surface area contributed by atoms with E-state index in [4.69, 9.17) is 9.88 Å². The minimum Gasteiger partial charge on any atom is -0.444 e. The van der Waals surface area contributed by atoms with Gasteiger partial charge in [-0.3, -0.25) is 4.79 Å². The summed E-state index contributed by atoms with van der Waals surface area (Å²) < 4.78 is 45.9. The molecule has 1 heterocycles. The van der Waals surface area contributed by atoms with E-state index in [2.05, 4.69) is 14.7 Å². The minimum absolute atomic E-state index is 0.0109. The lowest BCUT2D eigenvalue weighted by atomic mass is 10.0. The third-order valence-corrected chi connectivity index (χ3v) is 5.60. The Labute approximate surface area is 161 Å². The van der Waals surface area contributed by atoms with Crippen molar-refractivity contribution in [3.63, 3.8) is 0 Å². The van der Waals surface area contributed by atoms with Crippen molar-refractivity contribution >= 4 is 33.3 Å². The van der Waals surface area contributed by atoms with Gasteiger partial charge >= 0.3 is 6.09 Å². The number of ether oxygens (including phenoxy) is 1. The molecule has 1 unspecified atom stereocenters. The van der Waals surface area contributed by atoms with Crippen molar-refractivity contribution in [2.45, 2.75) is 63.4 Å². The summed E-state index contributed by atoms with van der Waals surface area (Å²) in [6.45, 7) is 8.60. The first-order chi connectivity index (χ1) is 12.2. The molecule has 0 saturated carbocycles. The lowest BCUT2D eigenvalue weighted by molar-refractivity contribution is -0.120. The average molecular weight is 427 g/mol. The monoisotopic (exact) mass is 426 g/mol. The molecule has 2 amide bonds. The molecular weight excluding hydrogens is 402 g/mol. The minimum atomic E-state index is -3.82. The molecule has 2 atom stereocenters. The molecule has 12 heteroatoms. The smallest absolute Gasteiger partial charge is 0.408 e. The van der Waals surface area contributed by atoms with Gasteiger partial charge < -0.3 is 10.1 Å². The summed E-state index contributed by atoms with van der Waals surface area (Å²) >= 11 is 0.625. The second-order valence-electron chi connectivity index (χ2n) is 7.17. The molecule has 0 aliphatic carbocycles. The maximum atomic E-state index is 12.6. The van der Waals surface area contributed by atoms with Crippen LogP contribution in [0.25, 0.3) is 0 Å². The summed E-state index contributed by atoms with van der Waals surface area (Å²) in [5.41, 5.74) is -1.37. The van der Waals surface area contributed by atoms with Crippen molar-refractivity contribution in [1.29, 1.82) is 0 Å². The highest BCUT2D eigenvalue weighted by atomic mass is 32.2. The van der Waals surface area contributed by atoms with E-state index < -0.39 is 45.7 Å². The van der Waals surface area contributed by atoms with E-state index in [-0.39, 0.29) is 16.7 Å². The summed E-state index contributed by atoms with van der Waals surface area (Å²) in [6.07, 6.45) is -3.50. The third kappa shape index (κ3) is 7.85. The first-order valence-corrected chi connectivity index (χ1v) is 10.5. The molecule has 1 aromatic rings. The number of amides is 2. The molecule has 154 valence electrons. The normalized spacial score (nSPS) is 15.3. The van der Waals surface area contributed by atoms with Gasteiger partial charge in [0, 0.05) is 5.38 Å². The second kappa shape index (κ2) is 9.02. The zero-order chi connectivity index (χ0) is 21.0. The molecule has 0 bridgehead atoms. The fourth-order valence-corrected chi connectivity index (χ4v) is 3.93. The highest BCUT2D eigenvalue weighted by Crippen LogP contribution is 2.24. The first-order valence-electron chi connectivity index (χ1n) is 8.03. The van der Waals surface area contributed by atoms with Gasteiger partial charge in [0.2, 0.25) is 4.34 Å². The number of alkyl halides is 2. The quantitative estimate of drug-likeness (QED) is 0.723. The SMILES string of the molecule is CC(C)C[C@H](NC(=O)OC(C)(C)C)C(=O)N=S(N)(=O)c1nc(C(F)F)cs1. The van der Waals surface area contributed by atoms with E-state index in [0.29, 0.717) is 11.3 Å². The van der Waals surface area contributed by atoms with Gasteiger partial charge in [0.25, 0.3) is 12.3 Å². The number of nitrogens with zero attached hydrogens (tertiary/aromatic N) is 2. The maximum absolute atomic E-state index is 12.6. The van der Waals surface area contributed by atoms with Crippen molar-refractivity contribution in [3.8, 4) is 0 Å². The van der Waals surface area contributed by atoms with Crippen molar-refractivity contribution in [2.24, 2.45) is 15.4 Å². The lowest BCUT2D eigenvalue weighted by Gasteiger charge is -2.23. The number of nitrogens with one attached hydrogen (secondary N) is 1. The molecule has 0 fully saturated rings. The Hall–Kier alpha value is -1.66. The number of hydrogen-bond acceptors (Lipinski definition) is 6. The molecular formula is C15H24F2N4O4S2. The predicted molar refractivity (Wildman–Crippen MR) is 97.7 cm³/mol. The highest BCUT2D eigenvalue weighted by molar-refractivity contribution is 7.93. The van der Waals surface area contributed by atoms with Crippen LogP contribution in [0.1, 0.15) is 53.2 Å². The highest BCUT2D eigenvalue weighted by Gasteiger charge is 2.27. The topological polar surface area (TPSA) is 124 Å². The molecule has 1 rings (SSSR count). The van der Waals surface area contributed by atoms with Crippen LogP contribution in [0, 0.1) is 5.92 Å². The number of halogens is 2. The molecule has 1 aromatic heterocycles. The van der Waals surface area contributed by atoms with E-state index in [0.717, 1.165) is 5.38 Å².